The van der Waals surface area contributed by atoms with Gasteiger partial charge < -0.3 is 19.5 Å². The Labute approximate surface area is 194 Å². The maximum Gasteiger partial charge on any atom is 0.348 e. The average Bonchev–Trinajstić information content (AvgIpc) is 2.96. The number of carbonyl (C=O) groups is 3. The van der Waals surface area contributed by atoms with Crippen LogP contribution in [0.25, 0.3) is 0 Å². The SMILES string of the molecule is CCOC(=O)c1c(NC(=O)COc2c(C)cc(Br)cc2C)sc(C(=O)OC(C)C)c1C. The highest BCUT2D eigenvalue weighted by atomic mass is 79.9. The molecule has 1 N–H and O–H groups in total. The molecule has 1 aromatic heterocycles. The van der Waals surface area contributed by atoms with Gasteiger partial charge in [-0.1, -0.05) is 15.9 Å². The van der Waals surface area contributed by atoms with Crippen molar-refractivity contribution in [1.29, 1.82) is 0 Å². The Balaban J connectivity index is 2.25. The van der Waals surface area contributed by atoms with Crippen LogP contribution in [0.5, 0.6) is 5.75 Å². The minimum absolute atomic E-state index is 0.145. The van der Waals surface area contributed by atoms with Crippen LogP contribution in [0.15, 0.2) is 16.6 Å². The number of aryl methyl sites for hydroxylation is 2. The van der Waals surface area contributed by atoms with Crippen molar-refractivity contribution in [3.8, 4) is 5.75 Å². The lowest BCUT2D eigenvalue weighted by Crippen LogP contribution is -2.21. The number of carbonyl (C=O) groups excluding carboxylic acids is 3. The summed E-state index contributed by atoms with van der Waals surface area (Å²) in [7, 11) is 0. The number of anilines is 1. The zero-order valence-electron chi connectivity index (χ0n) is 18.4. The highest BCUT2D eigenvalue weighted by Crippen LogP contribution is 2.34. The molecule has 1 aromatic carbocycles. The molecule has 0 radical (unpaired) electrons. The summed E-state index contributed by atoms with van der Waals surface area (Å²) in [6.45, 7) is 10.5. The maximum absolute atomic E-state index is 12.6. The van der Waals surface area contributed by atoms with Crippen LogP contribution in [0.2, 0.25) is 0 Å². The second-order valence-electron chi connectivity index (χ2n) is 7.14. The molecule has 1 heterocycles. The van der Waals surface area contributed by atoms with Gasteiger partial charge in [0, 0.05) is 4.47 Å². The fourth-order valence-corrected chi connectivity index (χ4v) is 4.72. The molecule has 0 unspecified atom stereocenters. The van der Waals surface area contributed by atoms with Crippen molar-refractivity contribution in [3.05, 3.63) is 43.7 Å². The first-order chi connectivity index (χ1) is 14.5. The number of hydrogen-bond donors (Lipinski definition) is 1. The molecule has 9 heteroatoms. The summed E-state index contributed by atoms with van der Waals surface area (Å²) in [5.41, 5.74) is 2.33. The van der Waals surface area contributed by atoms with Crippen molar-refractivity contribution in [2.75, 3.05) is 18.5 Å². The lowest BCUT2D eigenvalue weighted by atomic mass is 10.1. The number of nitrogens with one attached hydrogen (secondary N) is 1. The third kappa shape index (κ3) is 6.30. The van der Waals surface area contributed by atoms with Crippen molar-refractivity contribution in [2.45, 2.75) is 47.6 Å². The summed E-state index contributed by atoms with van der Waals surface area (Å²) < 4.78 is 17.0. The summed E-state index contributed by atoms with van der Waals surface area (Å²) >= 11 is 4.41. The van der Waals surface area contributed by atoms with Crippen LogP contribution in [-0.4, -0.2) is 37.2 Å². The molecular formula is C22H26BrNO6S. The fourth-order valence-electron chi connectivity index (χ4n) is 2.94. The molecule has 0 aliphatic rings. The quantitative estimate of drug-likeness (QED) is 0.490. The number of hydrogen-bond acceptors (Lipinski definition) is 7. The molecule has 0 fully saturated rings. The van der Waals surface area contributed by atoms with E-state index >= 15 is 0 Å². The molecule has 31 heavy (non-hydrogen) atoms. The number of halogens is 1. The van der Waals surface area contributed by atoms with Crippen molar-refractivity contribution in [3.63, 3.8) is 0 Å². The van der Waals surface area contributed by atoms with Crippen LogP contribution < -0.4 is 10.1 Å². The number of amides is 1. The standard InChI is InChI=1S/C22H26BrNO6S/c1-7-28-21(26)17-14(6)19(22(27)30-11(2)3)31-20(17)24-16(25)10-29-18-12(4)8-15(23)9-13(18)5/h8-9,11H,7,10H2,1-6H3,(H,24,25). The van der Waals surface area contributed by atoms with E-state index in [9.17, 15) is 14.4 Å². The molecule has 0 spiro atoms. The van der Waals surface area contributed by atoms with Gasteiger partial charge in [0.25, 0.3) is 5.91 Å². The fraction of sp³-hybridized carbons (Fsp3) is 0.409. The van der Waals surface area contributed by atoms with Gasteiger partial charge in [0.2, 0.25) is 0 Å². The Kier molecular flexibility index (Phi) is 8.64. The van der Waals surface area contributed by atoms with Crippen molar-refractivity contribution in [1.82, 2.24) is 0 Å². The molecule has 168 valence electrons. The average molecular weight is 512 g/mol. The van der Waals surface area contributed by atoms with Crippen LogP contribution >= 0.6 is 27.3 Å². The molecule has 1 amide bonds. The molecule has 7 nitrogen and oxygen atoms in total. The summed E-state index contributed by atoms with van der Waals surface area (Å²) in [5.74, 6) is -1.01. The first-order valence-corrected chi connectivity index (χ1v) is 11.4. The molecule has 0 saturated heterocycles. The smallest absolute Gasteiger partial charge is 0.348 e. The van der Waals surface area contributed by atoms with Gasteiger partial charge in [0.15, 0.2) is 6.61 Å². The first-order valence-electron chi connectivity index (χ1n) is 9.76. The number of rotatable bonds is 8. The van der Waals surface area contributed by atoms with E-state index in [0.717, 1.165) is 26.9 Å². The van der Waals surface area contributed by atoms with E-state index in [4.69, 9.17) is 14.2 Å². The van der Waals surface area contributed by atoms with E-state index in [2.05, 4.69) is 21.2 Å². The van der Waals surface area contributed by atoms with E-state index < -0.39 is 17.8 Å². The number of thiophene rings is 1. The van der Waals surface area contributed by atoms with Gasteiger partial charge in [-0.2, -0.15) is 0 Å². The minimum atomic E-state index is -0.615. The first kappa shape index (κ1) is 24.9. The van der Waals surface area contributed by atoms with Crippen molar-refractivity contribution >= 4 is 50.1 Å². The lowest BCUT2D eigenvalue weighted by molar-refractivity contribution is -0.118. The molecule has 0 aliphatic carbocycles. The largest absolute Gasteiger partial charge is 0.483 e. The number of benzene rings is 1. The van der Waals surface area contributed by atoms with Crippen molar-refractivity contribution < 1.29 is 28.6 Å². The Morgan fingerprint density at radius 1 is 1.10 bits per heavy atom. The van der Waals surface area contributed by atoms with Gasteiger partial charge in [0.05, 0.1) is 18.3 Å². The Morgan fingerprint density at radius 2 is 1.71 bits per heavy atom. The zero-order valence-corrected chi connectivity index (χ0v) is 20.8. The molecule has 0 atom stereocenters. The molecular weight excluding hydrogens is 486 g/mol. The third-order valence-electron chi connectivity index (χ3n) is 4.18. The monoisotopic (exact) mass is 511 g/mol. The molecule has 2 aromatic rings. The van der Waals surface area contributed by atoms with Crippen LogP contribution in [0.1, 0.15) is 57.5 Å². The number of ether oxygens (including phenoxy) is 3. The predicted molar refractivity (Wildman–Crippen MR) is 123 cm³/mol. The normalized spacial score (nSPS) is 10.7. The lowest BCUT2D eigenvalue weighted by Gasteiger charge is -2.13. The molecule has 0 aliphatic heterocycles. The van der Waals surface area contributed by atoms with E-state index in [-0.39, 0.29) is 34.8 Å². The Morgan fingerprint density at radius 3 is 2.26 bits per heavy atom. The van der Waals surface area contributed by atoms with E-state index in [1.807, 2.05) is 26.0 Å². The van der Waals surface area contributed by atoms with E-state index in [0.29, 0.717) is 11.3 Å². The molecule has 0 saturated carbocycles. The summed E-state index contributed by atoms with van der Waals surface area (Å²) in [6.07, 6.45) is -0.316. The summed E-state index contributed by atoms with van der Waals surface area (Å²) in [4.78, 5) is 37.7. The van der Waals surface area contributed by atoms with Crippen molar-refractivity contribution in [2.24, 2.45) is 0 Å². The van der Waals surface area contributed by atoms with Gasteiger partial charge in [-0.3, -0.25) is 4.79 Å². The predicted octanol–water partition coefficient (Wildman–Crippen LogP) is 5.20. The van der Waals surface area contributed by atoms with Crippen LogP contribution in [-0.2, 0) is 14.3 Å². The second kappa shape index (κ2) is 10.8. The maximum atomic E-state index is 12.6. The minimum Gasteiger partial charge on any atom is -0.483 e. The van der Waals surface area contributed by atoms with Gasteiger partial charge >= 0.3 is 11.9 Å². The Hall–Kier alpha value is -2.39. The van der Waals surface area contributed by atoms with Crippen LogP contribution in [0.3, 0.4) is 0 Å². The Bertz CT molecular complexity index is 975. The highest BCUT2D eigenvalue weighted by molar-refractivity contribution is 9.10. The van der Waals surface area contributed by atoms with E-state index in [1.165, 1.54) is 0 Å². The van der Waals surface area contributed by atoms with Gasteiger partial charge in [-0.15, -0.1) is 11.3 Å². The van der Waals surface area contributed by atoms with Crippen LogP contribution in [0.4, 0.5) is 5.00 Å². The third-order valence-corrected chi connectivity index (χ3v) is 5.83. The highest BCUT2D eigenvalue weighted by Gasteiger charge is 2.28. The van der Waals surface area contributed by atoms with Gasteiger partial charge in [-0.25, -0.2) is 9.59 Å². The van der Waals surface area contributed by atoms with E-state index in [1.54, 1.807) is 27.7 Å². The molecule has 2 rings (SSSR count). The topological polar surface area (TPSA) is 90.9 Å². The van der Waals surface area contributed by atoms with Gasteiger partial charge in [0.1, 0.15) is 15.6 Å². The summed E-state index contributed by atoms with van der Waals surface area (Å²) in [5, 5.41) is 2.90. The summed E-state index contributed by atoms with van der Waals surface area (Å²) in [6, 6.07) is 3.79. The van der Waals surface area contributed by atoms with Gasteiger partial charge in [-0.05, 0) is 70.4 Å². The zero-order chi connectivity index (χ0) is 23.3. The number of esters is 2. The molecule has 0 bridgehead atoms. The second-order valence-corrected chi connectivity index (χ2v) is 9.08. The van der Waals surface area contributed by atoms with Crippen LogP contribution in [0, 0.1) is 20.8 Å².